The summed E-state index contributed by atoms with van der Waals surface area (Å²) >= 11 is 3.61. The van der Waals surface area contributed by atoms with Gasteiger partial charge in [0.2, 0.25) is 0 Å². The smallest absolute Gasteiger partial charge is 0.0393 e. The maximum atomic E-state index is 6.04. The molecule has 0 unspecified atom stereocenters. The van der Waals surface area contributed by atoms with Crippen LogP contribution in [0.1, 0.15) is 11.1 Å². The first-order valence-electron chi connectivity index (χ1n) is 25.4. The molecule has 0 aliphatic rings. The van der Waals surface area contributed by atoms with E-state index >= 15 is 0 Å². The molecule has 12 rings (SSSR count). The van der Waals surface area contributed by atoms with Crippen LogP contribution in [-0.4, -0.2) is 0 Å². The third-order valence-electron chi connectivity index (χ3n) is 13.4. The standard InChI is InChI=1S/C37H28.C18H13Br.C18H15N/c1-3-13-28(14-4-1)30-19-11-21-34(25-30)36-23-9-7-17-32(36)27-33-18-8-10-24-37(33)35-22-12-20-31(26-35)29-15-5-2-6-16-29;2*19-18-12-5-4-11-17(18)16-10-6-9-15(13-16)14-7-2-1-3-8-14/h1-26H,27H2;1-13H;1-13H,19H2. The molecule has 0 spiro atoms. The predicted octanol–water partition coefficient (Wildman–Crippen LogP) is 20.3. The Morgan fingerprint density at radius 3 is 0.827 bits per heavy atom. The summed E-state index contributed by atoms with van der Waals surface area (Å²) in [5.41, 5.74) is 29.2. The normalized spacial score (nSPS) is 10.6. The van der Waals surface area contributed by atoms with Crippen molar-refractivity contribution in [1.29, 1.82) is 0 Å². The average Bonchev–Trinajstić information content (AvgIpc) is 3.49. The zero-order valence-electron chi connectivity index (χ0n) is 41.7. The molecule has 360 valence electrons. The first kappa shape index (κ1) is 49.5. The Kier molecular flexibility index (Phi) is 16.2. The van der Waals surface area contributed by atoms with Crippen LogP contribution in [0.3, 0.4) is 0 Å². The molecular formula is C73H56BrN. The van der Waals surface area contributed by atoms with Gasteiger partial charge in [-0.3, -0.25) is 0 Å². The molecule has 1 nitrogen and oxygen atoms in total. The summed E-state index contributed by atoms with van der Waals surface area (Å²) in [6.45, 7) is 0. The van der Waals surface area contributed by atoms with Gasteiger partial charge in [-0.1, -0.05) is 295 Å². The van der Waals surface area contributed by atoms with Crippen molar-refractivity contribution in [2.75, 3.05) is 5.73 Å². The highest BCUT2D eigenvalue weighted by Crippen LogP contribution is 2.35. The number of anilines is 1. The van der Waals surface area contributed by atoms with E-state index in [1.54, 1.807) is 0 Å². The van der Waals surface area contributed by atoms with E-state index in [1.165, 1.54) is 89.0 Å². The highest BCUT2D eigenvalue weighted by molar-refractivity contribution is 9.10. The fourth-order valence-corrected chi connectivity index (χ4v) is 10.1. The quantitative estimate of drug-likeness (QED) is 0.136. The van der Waals surface area contributed by atoms with Crippen LogP contribution >= 0.6 is 15.9 Å². The topological polar surface area (TPSA) is 26.0 Å². The lowest BCUT2D eigenvalue weighted by Crippen LogP contribution is -1.95. The number of nitrogen functional groups attached to an aromatic ring is 1. The first-order valence-corrected chi connectivity index (χ1v) is 26.2. The van der Waals surface area contributed by atoms with Crippen LogP contribution in [0, 0.1) is 0 Å². The van der Waals surface area contributed by atoms with Gasteiger partial charge in [0.1, 0.15) is 0 Å². The van der Waals surface area contributed by atoms with E-state index in [0.29, 0.717) is 0 Å². The Hall–Kier alpha value is -9.08. The highest BCUT2D eigenvalue weighted by Gasteiger charge is 2.12. The molecule has 0 aliphatic carbocycles. The van der Waals surface area contributed by atoms with Crippen LogP contribution in [0.2, 0.25) is 0 Å². The third kappa shape index (κ3) is 12.6. The van der Waals surface area contributed by atoms with Crippen molar-refractivity contribution in [3.05, 3.63) is 331 Å². The number of hydrogen-bond acceptors (Lipinski definition) is 1. The van der Waals surface area contributed by atoms with E-state index in [2.05, 4.69) is 295 Å². The zero-order chi connectivity index (χ0) is 51.0. The summed E-state index contributed by atoms with van der Waals surface area (Å²) < 4.78 is 1.13. The molecule has 0 atom stereocenters. The minimum absolute atomic E-state index is 0.813. The molecule has 2 heteroatoms. The fraction of sp³-hybridized carbons (Fsp3) is 0.0137. The number of halogens is 1. The molecule has 0 radical (unpaired) electrons. The van der Waals surface area contributed by atoms with E-state index in [0.717, 1.165) is 27.7 Å². The Morgan fingerprint density at radius 1 is 0.213 bits per heavy atom. The zero-order valence-corrected chi connectivity index (χ0v) is 43.3. The van der Waals surface area contributed by atoms with Crippen LogP contribution in [0.15, 0.2) is 320 Å². The van der Waals surface area contributed by atoms with Gasteiger partial charge in [-0.25, -0.2) is 0 Å². The van der Waals surface area contributed by atoms with Crippen LogP contribution < -0.4 is 5.73 Å². The lowest BCUT2D eigenvalue weighted by molar-refractivity contribution is 1.20. The second kappa shape index (κ2) is 24.6. The molecule has 0 saturated heterocycles. The largest absolute Gasteiger partial charge is 0.398 e. The Bertz CT molecular complexity index is 3510. The minimum atomic E-state index is 0.813. The Morgan fingerprint density at radius 2 is 0.467 bits per heavy atom. The molecular weight excluding hydrogens is 971 g/mol. The van der Waals surface area contributed by atoms with Gasteiger partial charge in [0.15, 0.2) is 0 Å². The van der Waals surface area contributed by atoms with Gasteiger partial charge in [-0.15, -0.1) is 0 Å². The summed E-state index contributed by atoms with van der Waals surface area (Å²) in [5, 5.41) is 0. The predicted molar refractivity (Wildman–Crippen MR) is 324 cm³/mol. The van der Waals surface area contributed by atoms with Gasteiger partial charge in [-0.05, 0) is 137 Å². The lowest BCUT2D eigenvalue weighted by Gasteiger charge is -2.15. The fourth-order valence-electron chi connectivity index (χ4n) is 9.56. The van der Waals surface area contributed by atoms with E-state index < -0.39 is 0 Å². The van der Waals surface area contributed by atoms with Crippen LogP contribution in [0.5, 0.6) is 0 Å². The summed E-state index contributed by atoms with van der Waals surface area (Å²) in [4.78, 5) is 0. The summed E-state index contributed by atoms with van der Waals surface area (Å²) in [6.07, 6.45) is 0.872. The lowest BCUT2D eigenvalue weighted by atomic mass is 9.89. The maximum absolute atomic E-state index is 6.04. The monoisotopic (exact) mass is 1030 g/mol. The van der Waals surface area contributed by atoms with Crippen molar-refractivity contribution in [2.45, 2.75) is 6.42 Å². The number of benzene rings is 12. The van der Waals surface area contributed by atoms with Gasteiger partial charge in [0, 0.05) is 15.7 Å². The van der Waals surface area contributed by atoms with Crippen molar-refractivity contribution in [2.24, 2.45) is 0 Å². The van der Waals surface area contributed by atoms with E-state index in [-0.39, 0.29) is 0 Å². The molecule has 0 saturated carbocycles. The molecule has 75 heavy (non-hydrogen) atoms. The number of para-hydroxylation sites is 1. The van der Waals surface area contributed by atoms with Gasteiger partial charge in [-0.2, -0.15) is 0 Å². The van der Waals surface area contributed by atoms with Gasteiger partial charge in [0.05, 0.1) is 0 Å². The van der Waals surface area contributed by atoms with E-state index in [1.807, 2.05) is 36.4 Å². The van der Waals surface area contributed by atoms with Crippen molar-refractivity contribution in [3.63, 3.8) is 0 Å². The molecule has 0 heterocycles. The van der Waals surface area contributed by atoms with E-state index in [9.17, 15) is 0 Å². The number of rotatable bonds is 10. The van der Waals surface area contributed by atoms with Crippen molar-refractivity contribution in [1.82, 2.24) is 0 Å². The summed E-state index contributed by atoms with van der Waals surface area (Å²) in [7, 11) is 0. The van der Waals surface area contributed by atoms with E-state index in [4.69, 9.17) is 5.73 Å². The third-order valence-corrected chi connectivity index (χ3v) is 14.1. The summed E-state index contributed by atoms with van der Waals surface area (Å²) in [5.74, 6) is 0. The number of hydrogen-bond donors (Lipinski definition) is 1. The molecule has 12 aromatic rings. The van der Waals surface area contributed by atoms with Gasteiger partial charge >= 0.3 is 0 Å². The van der Waals surface area contributed by atoms with Crippen molar-refractivity contribution in [3.8, 4) is 89.0 Å². The second-order valence-corrected chi connectivity index (χ2v) is 19.2. The first-order chi connectivity index (χ1) is 37.0. The van der Waals surface area contributed by atoms with Crippen LogP contribution in [0.4, 0.5) is 5.69 Å². The molecule has 0 bridgehead atoms. The SMILES string of the molecule is Brc1ccccc1-c1cccc(-c2ccccc2)c1.Nc1ccccc1-c1cccc(-c2ccccc2)c1.c1ccc(-c2cccc(-c3ccccc3Cc3ccccc3-c3cccc(-c4ccccc4)c3)c2)cc1. The molecule has 0 fully saturated rings. The van der Waals surface area contributed by atoms with Crippen LogP contribution in [0.25, 0.3) is 89.0 Å². The van der Waals surface area contributed by atoms with Crippen molar-refractivity contribution >= 4 is 21.6 Å². The van der Waals surface area contributed by atoms with Gasteiger partial charge < -0.3 is 5.73 Å². The molecule has 12 aromatic carbocycles. The molecule has 0 aromatic heterocycles. The maximum Gasteiger partial charge on any atom is 0.0393 e. The molecule has 2 N–H and O–H groups in total. The van der Waals surface area contributed by atoms with Crippen LogP contribution in [-0.2, 0) is 6.42 Å². The highest BCUT2D eigenvalue weighted by atomic mass is 79.9. The minimum Gasteiger partial charge on any atom is -0.398 e. The summed E-state index contributed by atoms with van der Waals surface area (Å²) in [6, 6.07) is 111. The number of nitrogens with two attached hydrogens (primary N) is 1. The Balaban J connectivity index is 0.000000142. The van der Waals surface area contributed by atoms with Crippen molar-refractivity contribution < 1.29 is 0 Å². The second-order valence-electron chi connectivity index (χ2n) is 18.3. The van der Waals surface area contributed by atoms with Gasteiger partial charge in [0.25, 0.3) is 0 Å². The molecule has 0 amide bonds. The Labute approximate surface area is 451 Å². The molecule has 0 aliphatic heterocycles. The average molecular weight is 1030 g/mol.